The summed E-state index contributed by atoms with van der Waals surface area (Å²) in [5.41, 5.74) is 5.71. The minimum atomic E-state index is 0.0427. The topological polar surface area (TPSA) is 70.7 Å². The highest BCUT2D eigenvalue weighted by Gasteiger charge is 2.15. The Morgan fingerprint density at radius 1 is 1.17 bits per heavy atom. The number of rotatable bonds is 5. The van der Waals surface area contributed by atoms with E-state index in [4.69, 9.17) is 0 Å². The van der Waals surface area contributed by atoms with Crippen LogP contribution in [0.4, 0.5) is 0 Å². The molecule has 0 aliphatic rings. The maximum absolute atomic E-state index is 12.3. The zero-order valence-corrected chi connectivity index (χ0v) is 15.3. The molecule has 0 radical (unpaired) electrons. The molecule has 2 N–H and O–H groups in total. The molecule has 0 bridgehead atoms. The van der Waals surface area contributed by atoms with E-state index in [0.29, 0.717) is 13.0 Å². The van der Waals surface area contributed by atoms with Crippen LogP contribution in [-0.2, 0) is 17.6 Å². The van der Waals surface area contributed by atoms with Crippen LogP contribution in [0.2, 0.25) is 0 Å². The van der Waals surface area contributed by atoms with Crippen LogP contribution in [0, 0.1) is 27.7 Å². The Morgan fingerprint density at radius 2 is 1.92 bits per heavy atom. The van der Waals surface area contributed by atoms with Crippen molar-refractivity contribution in [1.82, 2.24) is 20.5 Å². The van der Waals surface area contributed by atoms with Gasteiger partial charge in [0.2, 0.25) is 5.91 Å². The number of carbonyl (C=O) groups is 1. The van der Waals surface area contributed by atoms with E-state index in [1.54, 1.807) is 11.3 Å². The average molecular weight is 342 g/mol. The first kappa shape index (κ1) is 16.6. The summed E-state index contributed by atoms with van der Waals surface area (Å²) < 4.78 is 0. The summed E-state index contributed by atoms with van der Waals surface area (Å²) in [5.74, 6) is 0.0427. The van der Waals surface area contributed by atoms with Gasteiger partial charge in [0.05, 0.1) is 6.42 Å². The second-order valence-corrected chi connectivity index (χ2v) is 7.44. The number of amides is 1. The fourth-order valence-electron chi connectivity index (χ4n) is 3.00. The standard InChI is InChI=1S/C18H22N4OS/c1-10-5-6-11(2)18-17(10)14(12(3)20-18)9-15(23)19-8-7-16-22-21-13(4)24-16/h5-6,20H,7-9H2,1-4H3,(H,19,23). The van der Waals surface area contributed by atoms with Crippen molar-refractivity contribution in [2.24, 2.45) is 0 Å². The van der Waals surface area contributed by atoms with Crippen molar-refractivity contribution in [3.05, 3.63) is 44.5 Å². The van der Waals surface area contributed by atoms with E-state index in [-0.39, 0.29) is 5.91 Å². The molecule has 1 amide bonds. The quantitative estimate of drug-likeness (QED) is 0.748. The van der Waals surface area contributed by atoms with Gasteiger partial charge >= 0.3 is 0 Å². The minimum Gasteiger partial charge on any atom is -0.358 e. The van der Waals surface area contributed by atoms with Gasteiger partial charge in [0.15, 0.2) is 0 Å². The van der Waals surface area contributed by atoms with E-state index in [1.165, 1.54) is 16.5 Å². The van der Waals surface area contributed by atoms with Gasteiger partial charge < -0.3 is 10.3 Å². The highest BCUT2D eigenvalue weighted by Crippen LogP contribution is 2.28. The number of nitrogens with zero attached hydrogens (tertiary/aromatic N) is 2. The summed E-state index contributed by atoms with van der Waals surface area (Å²) in [7, 11) is 0. The van der Waals surface area contributed by atoms with Crippen molar-refractivity contribution in [1.29, 1.82) is 0 Å². The molecule has 126 valence electrons. The van der Waals surface area contributed by atoms with Gasteiger partial charge in [-0.2, -0.15) is 0 Å². The van der Waals surface area contributed by atoms with E-state index < -0.39 is 0 Å². The van der Waals surface area contributed by atoms with Crippen molar-refractivity contribution < 1.29 is 4.79 Å². The Labute approximate surface area is 145 Å². The van der Waals surface area contributed by atoms with Crippen molar-refractivity contribution in [3.8, 4) is 0 Å². The van der Waals surface area contributed by atoms with Gasteiger partial charge in [0, 0.05) is 29.6 Å². The van der Waals surface area contributed by atoms with Crippen LogP contribution in [0.15, 0.2) is 12.1 Å². The lowest BCUT2D eigenvalue weighted by atomic mass is 10.0. The number of aromatic amines is 1. The SMILES string of the molecule is Cc1nnc(CCNC(=O)Cc2c(C)[nH]c3c(C)ccc(C)c23)s1. The number of aryl methyl sites for hydroxylation is 4. The van der Waals surface area contributed by atoms with Crippen LogP contribution >= 0.6 is 11.3 Å². The predicted octanol–water partition coefficient (Wildman–Crippen LogP) is 3.15. The molecule has 6 heteroatoms. The Hall–Kier alpha value is -2.21. The largest absolute Gasteiger partial charge is 0.358 e. The van der Waals surface area contributed by atoms with Gasteiger partial charge in [-0.3, -0.25) is 4.79 Å². The maximum Gasteiger partial charge on any atom is 0.224 e. The van der Waals surface area contributed by atoms with Gasteiger partial charge in [0.25, 0.3) is 0 Å². The van der Waals surface area contributed by atoms with E-state index in [1.807, 2.05) is 13.8 Å². The molecule has 0 aliphatic carbocycles. The Bertz CT molecular complexity index is 894. The normalized spacial score (nSPS) is 11.2. The average Bonchev–Trinajstić information content (AvgIpc) is 3.08. The van der Waals surface area contributed by atoms with E-state index in [0.717, 1.165) is 33.2 Å². The second-order valence-electron chi connectivity index (χ2n) is 6.17. The van der Waals surface area contributed by atoms with Crippen molar-refractivity contribution in [3.63, 3.8) is 0 Å². The summed E-state index contributed by atoms with van der Waals surface area (Å²) in [6, 6.07) is 4.23. The first-order valence-electron chi connectivity index (χ1n) is 8.08. The van der Waals surface area contributed by atoms with Crippen LogP contribution in [0.5, 0.6) is 0 Å². The molecule has 0 saturated carbocycles. The summed E-state index contributed by atoms with van der Waals surface area (Å²) in [4.78, 5) is 15.8. The first-order valence-corrected chi connectivity index (χ1v) is 8.90. The highest BCUT2D eigenvalue weighted by molar-refractivity contribution is 7.11. The van der Waals surface area contributed by atoms with Crippen LogP contribution in [0.25, 0.3) is 10.9 Å². The first-order chi connectivity index (χ1) is 11.5. The summed E-state index contributed by atoms with van der Waals surface area (Å²) in [6.45, 7) is 8.74. The summed E-state index contributed by atoms with van der Waals surface area (Å²) >= 11 is 1.57. The Morgan fingerprint density at radius 3 is 2.62 bits per heavy atom. The maximum atomic E-state index is 12.3. The monoisotopic (exact) mass is 342 g/mol. The number of benzene rings is 1. The van der Waals surface area contributed by atoms with Gasteiger partial charge in [-0.05, 0) is 44.4 Å². The number of hydrogen-bond donors (Lipinski definition) is 2. The fraction of sp³-hybridized carbons (Fsp3) is 0.389. The molecule has 0 saturated heterocycles. The molecule has 3 rings (SSSR count). The summed E-state index contributed by atoms with van der Waals surface area (Å²) in [5, 5.41) is 14.2. The Kier molecular flexibility index (Phi) is 4.66. The molecule has 0 fully saturated rings. The van der Waals surface area contributed by atoms with Crippen LogP contribution in [0.1, 0.15) is 32.4 Å². The van der Waals surface area contributed by atoms with Crippen LogP contribution in [-0.4, -0.2) is 27.6 Å². The van der Waals surface area contributed by atoms with Crippen LogP contribution < -0.4 is 5.32 Å². The third-order valence-electron chi connectivity index (χ3n) is 4.26. The molecule has 0 atom stereocenters. The molecule has 0 unspecified atom stereocenters. The third-order valence-corrected chi connectivity index (χ3v) is 5.15. The molecule has 5 nitrogen and oxygen atoms in total. The molecule has 0 aliphatic heterocycles. The minimum absolute atomic E-state index is 0.0427. The lowest BCUT2D eigenvalue weighted by molar-refractivity contribution is -0.120. The van der Waals surface area contributed by atoms with Gasteiger partial charge in [0.1, 0.15) is 10.0 Å². The van der Waals surface area contributed by atoms with E-state index in [2.05, 4.69) is 46.5 Å². The van der Waals surface area contributed by atoms with Gasteiger partial charge in [-0.1, -0.05) is 12.1 Å². The highest BCUT2D eigenvalue weighted by atomic mass is 32.1. The molecular formula is C18H22N4OS. The molecule has 24 heavy (non-hydrogen) atoms. The zero-order valence-electron chi connectivity index (χ0n) is 14.5. The van der Waals surface area contributed by atoms with Gasteiger partial charge in [-0.15, -0.1) is 21.5 Å². The van der Waals surface area contributed by atoms with Crippen molar-refractivity contribution in [2.45, 2.75) is 40.5 Å². The van der Waals surface area contributed by atoms with Crippen molar-refractivity contribution in [2.75, 3.05) is 6.54 Å². The third kappa shape index (κ3) is 3.33. The molecule has 3 aromatic rings. The molecule has 2 aromatic heterocycles. The van der Waals surface area contributed by atoms with E-state index in [9.17, 15) is 4.79 Å². The van der Waals surface area contributed by atoms with E-state index >= 15 is 0 Å². The summed E-state index contributed by atoms with van der Waals surface area (Å²) in [6.07, 6.45) is 1.12. The fourth-order valence-corrected chi connectivity index (χ4v) is 3.71. The number of aromatic nitrogens is 3. The van der Waals surface area contributed by atoms with Gasteiger partial charge in [-0.25, -0.2) is 0 Å². The molecule has 0 spiro atoms. The number of hydrogen-bond acceptors (Lipinski definition) is 4. The second kappa shape index (κ2) is 6.73. The zero-order chi connectivity index (χ0) is 17.3. The molecule has 2 heterocycles. The predicted molar refractivity (Wildman–Crippen MR) is 97.6 cm³/mol. The smallest absolute Gasteiger partial charge is 0.224 e. The molecular weight excluding hydrogens is 320 g/mol. The van der Waals surface area contributed by atoms with Crippen LogP contribution in [0.3, 0.4) is 0 Å². The Balaban J connectivity index is 1.69. The lowest BCUT2D eigenvalue weighted by Crippen LogP contribution is -2.27. The number of fused-ring (bicyclic) bond motifs is 1. The number of H-pyrrole nitrogens is 1. The van der Waals surface area contributed by atoms with Crippen molar-refractivity contribution >= 4 is 28.1 Å². The molecule has 1 aromatic carbocycles. The lowest BCUT2D eigenvalue weighted by Gasteiger charge is -2.06. The number of nitrogens with one attached hydrogen (secondary N) is 2. The number of carbonyl (C=O) groups excluding carboxylic acids is 1.